The van der Waals surface area contributed by atoms with Gasteiger partial charge in [0, 0.05) is 5.92 Å². The SMILES string of the molecule is CCCC[C@H](CN)C1OCCO1. The third-order valence-electron chi connectivity index (χ3n) is 2.26. The second-order valence-electron chi connectivity index (χ2n) is 3.25. The Morgan fingerprint density at radius 2 is 2.08 bits per heavy atom. The molecule has 0 bridgehead atoms. The van der Waals surface area contributed by atoms with Crippen LogP contribution in [0, 0.1) is 5.92 Å². The highest BCUT2D eigenvalue weighted by Gasteiger charge is 2.24. The minimum absolute atomic E-state index is 0.0263. The Bertz CT molecular complexity index is 113. The molecule has 1 aliphatic rings. The third-order valence-corrected chi connectivity index (χ3v) is 2.26. The molecule has 0 aromatic rings. The van der Waals surface area contributed by atoms with Crippen LogP contribution < -0.4 is 5.73 Å². The quantitative estimate of drug-likeness (QED) is 0.677. The summed E-state index contributed by atoms with van der Waals surface area (Å²) in [5.41, 5.74) is 5.63. The molecule has 0 aromatic carbocycles. The molecular formula is C9H19NO2. The van der Waals surface area contributed by atoms with Gasteiger partial charge in [0.05, 0.1) is 13.2 Å². The lowest BCUT2D eigenvalue weighted by atomic mass is 10.0. The van der Waals surface area contributed by atoms with E-state index in [9.17, 15) is 0 Å². The van der Waals surface area contributed by atoms with Crippen molar-refractivity contribution in [3.05, 3.63) is 0 Å². The lowest BCUT2D eigenvalue weighted by Crippen LogP contribution is -2.28. The van der Waals surface area contributed by atoms with E-state index in [1.807, 2.05) is 0 Å². The molecule has 3 nitrogen and oxygen atoms in total. The molecule has 0 aliphatic carbocycles. The Morgan fingerprint density at radius 1 is 1.42 bits per heavy atom. The van der Waals surface area contributed by atoms with E-state index < -0.39 is 0 Å². The highest BCUT2D eigenvalue weighted by atomic mass is 16.7. The van der Waals surface area contributed by atoms with Gasteiger partial charge in [-0.3, -0.25) is 0 Å². The fraction of sp³-hybridized carbons (Fsp3) is 1.00. The van der Waals surface area contributed by atoms with Crippen LogP contribution in [0.5, 0.6) is 0 Å². The van der Waals surface area contributed by atoms with E-state index in [1.165, 1.54) is 12.8 Å². The summed E-state index contributed by atoms with van der Waals surface area (Å²) in [5, 5.41) is 0. The highest BCUT2D eigenvalue weighted by Crippen LogP contribution is 2.19. The average Bonchev–Trinajstić information content (AvgIpc) is 2.59. The summed E-state index contributed by atoms with van der Waals surface area (Å²) in [6.45, 7) is 4.31. The normalized spacial score (nSPS) is 21.5. The van der Waals surface area contributed by atoms with Gasteiger partial charge >= 0.3 is 0 Å². The number of rotatable bonds is 5. The number of hydrogen-bond donors (Lipinski definition) is 1. The van der Waals surface area contributed by atoms with E-state index in [4.69, 9.17) is 15.2 Å². The van der Waals surface area contributed by atoms with Gasteiger partial charge in [-0.15, -0.1) is 0 Å². The minimum atomic E-state index is -0.0263. The smallest absolute Gasteiger partial charge is 0.161 e. The van der Waals surface area contributed by atoms with Crippen molar-refractivity contribution in [1.29, 1.82) is 0 Å². The molecule has 12 heavy (non-hydrogen) atoms. The van der Waals surface area contributed by atoms with Crippen molar-refractivity contribution in [2.45, 2.75) is 32.5 Å². The van der Waals surface area contributed by atoms with Crippen molar-refractivity contribution in [2.24, 2.45) is 11.7 Å². The summed E-state index contributed by atoms with van der Waals surface area (Å²) >= 11 is 0. The molecule has 0 unspecified atom stereocenters. The number of hydrogen-bond acceptors (Lipinski definition) is 3. The minimum Gasteiger partial charge on any atom is -0.350 e. The van der Waals surface area contributed by atoms with Crippen molar-refractivity contribution >= 4 is 0 Å². The molecule has 0 aromatic heterocycles. The predicted octanol–water partition coefficient (Wildman–Crippen LogP) is 1.12. The van der Waals surface area contributed by atoms with Crippen LogP contribution in [0.25, 0.3) is 0 Å². The van der Waals surface area contributed by atoms with Gasteiger partial charge < -0.3 is 15.2 Å². The van der Waals surface area contributed by atoms with Crippen LogP contribution in [0.4, 0.5) is 0 Å². The zero-order chi connectivity index (χ0) is 8.81. The average molecular weight is 173 g/mol. The maximum atomic E-state index is 5.63. The van der Waals surface area contributed by atoms with E-state index >= 15 is 0 Å². The van der Waals surface area contributed by atoms with E-state index in [1.54, 1.807) is 0 Å². The van der Waals surface area contributed by atoms with Crippen LogP contribution in [-0.4, -0.2) is 26.0 Å². The van der Waals surface area contributed by atoms with E-state index in [0.29, 0.717) is 12.5 Å². The number of unbranched alkanes of at least 4 members (excludes halogenated alkanes) is 1. The van der Waals surface area contributed by atoms with Crippen LogP contribution in [0.1, 0.15) is 26.2 Å². The van der Waals surface area contributed by atoms with Crippen LogP contribution in [-0.2, 0) is 9.47 Å². The first kappa shape index (κ1) is 9.96. The largest absolute Gasteiger partial charge is 0.350 e. The van der Waals surface area contributed by atoms with Gasteiger partial charge in [0.25, 0.3) is 0 Å². The molecule has 1 saturated heterocycles. The lowest BCUT2D eigenvalue weighted by Gasteiger charge is -2.19. The Balaban J connectivity index is 2.22. The van der Waals surface area contributed by atoms with Gasteiger partial charge in [0.15, 0.2) is 6.29 Å². The van der Waals surface area contributed by atoms with Gasteiger partial charge in [0.1, 0.15) is 0 Å². The van der Waals surface area contributed by atoms with Crippen molar-refractivity contribution in [1.82, 2.24) is 0 Å². The first-order valence-corrected chi connectivity index (χ1v) is 4.81. The molecule has 72 valence electrons. The molecule has 1 atom stereocenters. The zero-order valence-electron chi connectivity index (χ0n) is 7.79. The molecule has 1 fully saturated rings. The summed E-state index contributed by atoms with van der Waals surface area (Å²) in [6.07, 6.45) is 3.52. The molecule has 1 heterocycles. The maximum Gasteiger partial charge on any atom is 0.161 e. The van der Waals surface area contributed by atoms with Gasteiger partial charge in [-0.2, -0.15) is 0 Å². The predicted molar refractivity (Wildman–Crippen MR) is 47.8 cm³/mol. The number of nitrogens with two attached hydrogens (primary N) is 1. The van der Waals surface area contributed by atoms with Crippen LogP contribution in [0.2, 0.25) is 0 Å². The molecule has 0 spiro atoms. The standard InChI is InChI=1S/C9H19NO2/c1-2-3-4-8(7-10)9-11-5-6-12-9/h8-9H,2-7,10H2,1H3/t8-/m1/s1. The topological polar surface area (TPSA) is 44.5 Å². The highest BCUT2D eigenvalue weighted by molar-refractivity contribution is 4.66. The van der Waals surface area contributed by atoms with Crippen molar-refractivity contribution < 1.29 is 9.47 Å². The van der Waals surface area contributed by atoms with Crippen molar-refractivity contribution in [2.75, 3.05) is 19.8 Å². The van der Waals surface area contributed by atoms with Crippen LogP contribution in [0.3, 0.4) is 0 Å². The first-order chi connectivity index (χ1) is 5.88. The van der Waals surface area contributed by atoms with Gasteiger partial charge in [-0.05, 0) is 13.0 Å². The summed E-state index contributed by atoms with van der Waals surface area (Å²) in [6, 6.07) is 0. The molecule has 1 rings (SSSR count). The van der Waals surface area contributed by atoms with Crippen molar-refractivity contribution in [3.63, 3.8) is 0 Å². The summed E-state index contributed by atoms with van der Waals surface area (Å²) in [7, 11) is 0. The summed E-state index contributed by atoms with van der Waals surface area (Å²) < 4.78 is 10.8. The second-order valence-corrected chi connectivity index (χ2v) is 3.25. The Morgan fingerprint density at radius 3 is 2.58 bits per heavy atom. The van der Waals surface area contributed by atoms with E-state index in [-0.39, 0.29) is 6.29 Å². The van der Waals surface area contributed by atoms with Gasteiger partial charge in [-0.25, -0.2) is 0 Å². The van der Waals surface area contributed by atoms with Crippen LogP contribution in [0.15, 0.2) is 0 Å². The first-order valence-electron chi connectivity index (χ1n) is 4.81. The van der Waals surface area contributed by atoms with Crippen molar-refractivity contribution in [3.8, 4) is 0 Å². The Labute approximate surface area is 74.2 Å². The third kappa shape index (κ3) is 2.73. The molecule has 1 aliphatic heterocycles. The lowest BCUT2D eigenvalue weighted by molar-refractivity contribution is -0.0830. The monoisotopic (exact) mass is 173 g/mol. The fourth-order valence-corrected chi connectivity index (χ4v) is 1.48. The Hall–Kier alpha value is -0.120. The molecule has 0 saturated carbocycles. The zero-order valence-corrected chi connectivity index (χ0v) is 7.79. The van der Waals surface area contributed by atoms with E-state index in [0.717, 1.165) is 19.6 Å². The van der Waals surface area contributed by atoms with Gasteiger partial charge in [0.2, 0.25) is 0 Å². The maximum absolute atomic E-state index is 5.63. The molecule has 3 heteroatoms. The Kier molecular flexibility index (Phi) is 4.58. The summed E-state index contributed by atoms with van der Waals surface area (Å²) in [5.74, 6) is 0.396. The van der Waals surface area contributed by atoms with E-state index in [2.05, 4.69) is 6.92 Å². The van der Waals surface area contributed by atoms with Gasteiger partial charge in [-0.1, -0.05) is 19.8 Å². The molecule has 0 amide bonds. The molecule has 2 N–H and O–H groups in total. The molecule has 0 radical (unpaired) electrons. The number of ether oxygens (including phenoxy) is 2. The summed E-state index contributed by atoms with van der Waals surface area (Å²) in [4.78, 5) is 0. The second kappa shape index (κ2) is 5.51. The molecular weight excluding hydrogens is 154 g/mol. The van der Waals surface area contributed by atoms with Crippen LogP contribution >= 0.6 is 0 Å². The fourth-order valence-electron chi connectivity index (χ4n) is 1.48.